The standard InChI is InChI=1S/C16H13ClO4S2/c1-22-13-6-4-5-12(11-13)14-9-10-23(21-17(18,19)20)16-8-3-2-7-15(14)16/h2-11H,1H3. The zero-order valence-corrected chi connectivity index (χ0v) is 14.5. The Balaban J connectivity index is 2.09. The third-order valence-corrected chi connectivity index (χ3v) is 6.34. The summed E-state index contributed by atoms with van der Waals surface area (Å²) in [5.74, 6) is 0. The lowest BCUT2D eigenvalue weighted by Gasteiger charge is -2.19. The second-order valence-corrected chi connectivity index (χ2v) is 8.13. The Hall–Kier alpha value is -1.12. The van der Waals surface area contributed by atoms with Gasteiger partial charge in [-0.1, -0.05) is 30.3 Å². The number of thioether (sulfide) groups is 1. The van der Waals surface area contributed by atoms with Crippen molar-refractivity contribution in [1.82, 2.24) is 0 Å². The molecule has 7 heteroatoms. The summed E-state index contributed by atoms with van der Waals surface area (Å²) in [5.41, 5.74) is 2.88. The molecule has 0 saturated heterocycles. The number of fused-ring (bicyclic) bond motifs is 1. The largest absolute Gasteiger partial charge is 0.182 e. The number of benzene rings is 2. The van der Waals surface area contributed by atoms with Crippen LogP contribution in [0.4, 0.5) is 0 Å². The molecule has 1 unspecified atom stereocenters. The molecule has 0 amide bonds. The average molecular weight is 369 g/mol. The van der Waals surface area contributed by atoms with Gasteiger partial charge in [0.15, 0.2) is 0 Å². The van der Waals surface area contributed by atoms with Crippen molar-refractivity contribution in [2.75, 3.05) is 6.26 Å². The van der Waals surface area contributed by atoms with Crippen molar-refractivity contribution in [3.05, 3.63) is 65.7 Å². The van der Waals surface area contributed by atoms with Crippen molar-refractivity contribution >= 4 is 33.5 Å². The monoisotopic (exact) mass is 368 g/mol. The Morgan fingerprint density at radius 3 is 2.57 bits per heavy atom. The predicted octanol–water partition coefficient (Wildman–Crippen LogP) is 1.11. The predicted molar refractivity (Wildman–Crippen MR) is 84.8 cm³/mol. The van der Waals surface area contributed by atoms with E-state index >= 15 is 0 Å². The van der Waals surface area contributed by atoms with Gasteiger partial charge in [-0.15, -0.1) is 11.8 Å². The summed E-state index contributed by atoms with van der Waals surface area (Å²) in [5, 5.41) is 1.62. The normalized spacial score (nSPS) is 17.2. The first kappa shape index (κ1) is 16.7. The summed E-state index contributed by atoms with van der Waals surface area (Å²) in [4.78, 5) is 1.83. The van der Waals surface area contributed by atoms with Gasteiger partial charge in [-0.05, 0) is 47.2 Å². The molecule has 0 fully saturated rings. The maximum atomic E-state index is 10.9. The molecule has 1 aliphatic rings. The topological polar surface area (TPSA) is 78.4 Å². The molecule has 0 bridgehead atoms. The van der Waals surface area contributed by atoms with Gasteiger partial charge in [0.1, 0.15) is 14.5 Å². The highest BCUT2D eigenvalue weighted by atomic mass is 35.7. The Labute approximate surface area is 143 Å². The second-order valence-electron chi connectivity index (χ2n) is 4.68. The van der Waals surface area contributed by atoms with Crippen molar-refractivity contribution in [2.45, 2.75) is 9.79 Å². The molecule has 120 valence electrons. The van der Waals surface area contributed by atoms with Gasteiger partial charge in [0, 0.05) is 10.3 Å². The zero-order chi connectivity index (χ0) is 16.4. The summed E-state index contributed by atoms with van der Waals surface area (Å²) in [6.45, 7) is 0. The lowest BCUT2D eigenvalue weighted by atomic mass is 9.97. The van der Waals surface area contributed by atoms with Gasteiger partial charge in [0.05, 0.1) is 15.1 Å². The molecule has 1 heterocycles. The van der Waals surface area contributed by atoms with Gasteiger partial charge in [-0.25, -0.2) is 0 Å². The molecular formula is C16H13ClO4S2. The minimum Gasteiger partial charge on any atom is -0.182 e. The Bertz CT molecular complexity index is 797. The van der Waals surface area contributed by atoms with Crippen LogP contribution in [-0.4, -0.2) is 11.6 Å². The van der Waals surface area contributed by atoms with Crippen LogP contribution >= 0.6 is 22.5 Å². The van der Waals surface area contributed by atoms with Gasteiger partial charge < -0.3 is 0 Å². The van der Waals surface area contributed by atoms with Crippen LogP contribution in [0.25, 0.3) is 5.57 Å². The van der Waals surface area contributed by atoms with Crippen LogP contribution in [0.1, 0.15) is 11.1 Å². The molecule has 3 rings (SSSR count). The van der Waals surface area contributed by atoms with Gasteiger partial charge in [0.2, 0.25) is 0 Å². The molecule has 0 N–H and O–H groups in total. The molecule has 2 aromatic carbocycles. The second kappa shape index (κ2) is 6.78. The molecule has 2 aromatic rings. The molecule has 0 aromatic heterocycles. The SMILES string of the molecule is CSc1cccc(C2=CC=S(O[Cl+3]([O-])([O-])[O-])c3ccccc32)c1. The molecule has 0 radical (unpaired) electrons. The van der Waals surface area contributed by atoms with Crippen molar-refractivity contribution in [3.63, 3.8) is 0 Å². The third kappa shape index (κ3) is 3.87. The van der Waals surface area contributed by atoms with E-state index in [1.54, 1.807) is 29.3 Å². The van der Waals surface area contributed by atoms with E-state index in [4.69, 9.17) is 0 Å². The Morgan fingerprint density at radius 1 is 1.04 bits per heavy atom. The summed E-state index contributed by atoms with van der Waals surface area (Å²) >= 11 is 1.65. The molecule has 0 saturated carbocycles. The van der Waals surface area contributed by atoms with Crippen LogP contribution in [0.5, 0.6) is 0 Å². The molecule has 1 aliphatic heterocycles. The summed E-state index contributed by atoms with van der Waals surface area (Å²) in [7, 11) is -5.69. The first-order valence-electron chi connectivity index (χ1n) is 6.61. The van der Waals surface area contributed by atoms with E-state index in [0.717, 1.165) is 21.6 Å². The molecule has 0 aliphatic carbocycles. The fourth-order valence-electron chi connectivity index (χ4n) is 2.34. The summed E-state index contributed by atoms with van der Waals surface area (Å²) < 4.78 is 37.4. The van der Waals surface area contributed by atoms with Crippen LogP contribution in [0.3, 0.4) is 0 Å². The zero-order valence-electron chi connectivity index (χ0n) is 12.1. The quantitative estimate of drug-likeness (QED) is 0.596. The van der Waals surface area contributed by atoms with E-state index in [-0.39, 0.29) is 0 Å². The number of allylic oxidation sites excluding steroid dienone is 1. The van der Waals surface area contributed by atoms with Crippen molar-refractivity contribution in [3.8, 4) is 0 Å². The van der Waals surface area contributed by atoms with Crippen LogP contribution in [0.2, 0.25) is 0 Å². The van der Waals surface area contributed by atoms with Gasteiger partial charge in [-0.2, -0.15) is 14.0 Å². The lowest BCUT2D eigenvalue weighted by Crippen LogP contribution is -2.60. The molecule has 0 spiro atoms. The average Bonchev–Trinajstić information content (AvgIpc) is 2.54. The van der Waals surface area contributed by atoms with Crippen molar-refractivity contribution < 1.29 is 28.0 Å². The molecule has 1 atom stereocenters. The highest BCUT2D eigenvalue weighted by Crippen LogP contribution is 2.41. The van der Waals surface area contributed by atoms with E-state index in [2.05, 4.69) is 9.80 Å². The number of hydrogen-bond acceptors (Lipinski definition) is 5. The first-order valence-corrected chi connectivity index (χ1v) is 10.3. The van der Waals surface area contributed by atoms with Gasteiger partial charge in [-0.3, -0.25) is 0 Å². The van der Waals surface area contributed by atoms with E-state index in [1.165, 1.54) is 0 Å². The maximum Gasteiger partial charge on any atom is 0.141 e. The van der Waals surface area contributed by atoms with E-state index in [0.29, 0.717) is 4.90 Å². The number of halogens is 1. The van der Waals surface area contributed by atoms with Crippen LogP contribution in [0.15, 0.2) is 64.4 Å². The highest BCUT2D eigenvalue weighted by molar-refractivity contribution is 8.11. The Morgan fingerprint density at radius 2 is 1.83 bits per heavy atom. The maximum absolute atomic E-state index is 10.9. The highest BCUT2D eigenvalue weighted by Gasteiger charge is 2.27. The van der Waals surface area contributed by atoms with Crippen molar-refractivity contribution in [2.24, 2.45) is 0 Å². The van der Waals surface area contributed by atoms with E-state index < -0.39 is 21.0 Å². The number of rotatable bonds is 4. The fraction of sp³-hybridized carbons (Fsp3) is 0.0625. The van der Waals surface area contributed by atoms with Crippen LogP contribution in [-0.2, 0) is 3.74 Å². The van der Waals surface area contributed by atoms with Crippen LogP contribution < -0.4 is 14.0 Å². The molecular weight excluding hydrogens is 356 g/mol. The molecule has 23 heavy (non-hydrogen) atoms. The number of hydrogen-bond donors (Lipinski definition) is 0. The summed E-state index contributed by atoms with van der Waals surface area (Å²) in [6, 6.07) is 15.4. The van der Waals surface area contributed by atoms with Crippen LogP contribution in [0, 0.1) is 10.2 Å². The lowest BCUT2D eigenvalue weighted by molar-refractivity contribution is -1.91. The van der Waals surface area contributed by atoms with E-state index in [9.17, 15) is 14.0 Å². The summed E-state index contributed by atoms with van der Waals surface area (Å²) in [6.07, 6.45) is 3.82. The van der Waals surface area contributed by atoms with Crippen molar-refractivity contribution in [1.29, 1.82) is 0 Å². The minimum atomic E-state index is -4.48. The van der Waals surface area contributed by atoms with E-state index in [1.807, 2.05) is 42.7 Å². The Kier molecular flexibility index (Phi) is 4.93. The smallest absolute Gasteiger partial charge is 0.141 e. The minimum absolute atomic E-state index is 0.687. The van der Waals surface area contributed by atoms with Gasteiger partial charge in [0.25, 0.3) is 0 Å². The fourth-order valence-corrected chi connectivity index (χ4v) is 4.92. The first-order chi connectivity index (χ1) is 11.0. The molecule has 4 nitrogen and oxygen atoms in total. The van der Waals surface area contributed by atoms with Gasteiger partial charge >= 0.3 is 0 Å². The third-order valence-electron chi connectivity index (χ3n) is 3.28.